The molecule has 3 aromatic rings. The van der Waals surface area contributed by atoms with Crippen LogP contribution in [0.15, 0.2) is 48.8 Å². The van der Waals surface area contributed by atoms with Gasteiger partial charge in [0.15, 0.2) is 0 Å². The van der Waals surface area contributed by atoms with Gasteiger partial charge in [-0.05, 0) is 36.6 Å². The zero-order valence-electron chi connectivity index (χ0n) is 15.2. The SMILES string of the molecule is CCCCCNC(=O)c1ccc(NCCc2c[nH]c3ccccc23)cn1. The number of nitrogens with one attached hydrogen (secondary N) is 3. The summed E-state index contributed by atoms with van der Waals surface area (Å²) in [6.07, 6.45) is 7.99. The molecular weight excluding hydrogens is 324 g/mol. The molecule has 26 heavy (non-hydrogen) atoms. The fraction of sp³-hybridized carbons (Fsp3) is 0.333. The Morgan fingerprint density at radius 2 is 2.00 bits per heavy atom. The van der Waals surface area contributed by atoms with Gasteiger partial charge in [0, 0.05) is 30.2 Å². The summed E-state index contributed by atoms with van der Waals surface area (Å²) in [7, 11) is 0. The van der Waals surface area contributed by atoms with Crippen molar-refractivity contribution in [2.45, 2.75) is 32.6 Å². The van der Waals surface area contributed by atoms with Crippen LogP contribution in [0.1, 0.15) is 42.2 Å². The molecule has 0 aliphatic carbocycles. The summed E-state index contributed by atoms with van der Waals surface area (Å²) in [6, 6.07) is 12.0. The number of amides is 1. The number of para-hydroxylation sites is 1. The molecule has 0 bridgehead atoms. The fourth-order valence-electron chi connectivity index (χ4n) is 2.98. The predicted molar refractivity (Wildman–Crippen MR) is 107 cm³/mol. The smallest absolute Gasteiger partial charge is 0.269 e. The lowest BCUT2D eigenvalue weighted by atomic mass is 10.1. The van der Waals surface area contributed by atoms with Crippen molar-refractivity contribution in [2.75, 3.05) is 18.4 Å². The molecule has 0 unspecified atom stereocenters. The second kappa shape index (κ2) is 9.04. The van der Waals surface area contributed by atoms with Crippen LogP contribution in [0.25, 0.3) is 10.9 Å². The van der Waals surface area contributed by atoms with Gasteiger partial charge in [0.25, 0.3) is 5.91 Å². The molecule has 5 nitrogen and oxygen atoms in total. The number of H-pyrrole nitrogens is 1. The van der Waals surface area contributed by atoms with Gasteiger partial charge >= 0.3 is 0 Å². The van der Waals surface area contributed by atoms with Crippen molar-refractivity contribution in [3.63, 3.8) is 0 Å². The Hall–Kier alpha value is -2.82. The van der Waals surface area contributed by atoms with Gasteiger partial charge in [-0.1, -0.05) is 38.0 Å². The summed E-state index contributed by atoms with van der Waals surface area (Å²) >= 11 is 0. The standard InChI is InChI=1S/C21H26N4O/c1-2-3-6-12-23-21(26)20-10-9-17(15-25-20)22-13-11-16-14-24-19-8-5-4-7-18(16)19/h4-5,7-10,14-15,22,24H,2-3,6,11-13H2,1H3,(H,23,26). The molecule has 2 heterocycles. The minimum absolute atomic E-state index is 0.105. The molecule has 136 valence electrons. The van der Waals surface area contributed by atoms with E-state index in [-0.39, 0.29) is 5.91 Å². The van der Waals surface area contributed by atoms with E-state index in [0.29, 0.717) is 12.2 Å². The van der Waals surface area contributed by atoms with Crippen LogP contribution in [-0.2, 0) is 6.42 Å². The number of fused-ring (bicyclic) bond motifs is 1. The minimum atomic E-state index is -0.105. The average Bonchev–Trinajstić information content (AvgIpc) is 3.09. The maximum atomic E-state index is 12.0. The summed E-state index contributed by atoms with van der Waals surface area (Å²) < 4.78 is 0. The first kappa shape index (κ1) is 18.0. The molecule has 0 saturated carbocycles. The van der Waals surface area contributed by atoms with E-state index in [1.54, 1.807) is 12.3 Å². The summed E-state index contributed by atoms with van der Waals surface area (Å²) in [6.45, 7) is 3.67. The van der Waals surface area contributed by atoms with Gasteiger partial charge in [-0.15, -0.1) is 0 Å². The first-order valence-corrected chi connectivity index (χ1v) is 9.31. The normalized spacial score (nSPS) is 10.8. The summed E-state index contributed by atoms with van der Waals surface area (Å²) in [5.74, 6) is -0.105. The number of unbranched alkanes of at least 4 members (excludes halogenated alkanes) is 2. The summed E-state index contributed by atoms with van der Waals surface area (Å²) in [5.41, 5.74) is 3.85. The maximum absolute atomic E-state index is 12.0. The molecule has 1 aromatic carbocycles. The van der Waals surface area contributed by atoms with Gasteiger partial charge in [0.1, 0.15) is 5.69 Å². The number of benzene rings is 1. The van der Waals surface area contributed by atoms with E-state index in [2.05, 4.69) is 51.9 Å². The predicted octanol–water partition coefficient (Wildman–Crippen LogP) is 4.14. The Labute approximate surface area is 154 Å². The van der Waals surface area contributed by atoms with Gasteiger partial charge in [-0.2, -0.15) is 0 Å². The Morgan fingerprint density at radius 3 is 2.81 bits per heavy atom. The fourth-order valence-corrected chi connectivity index (χ4v) is 2.98. The highest BCUT2D eigenvalue weighted by molar-refractivity contribution is 5.92. The Bertz CT molecular complexity index is 839. The zero-order valence-corrected chi connectivity index (χ0v) is 15.2. The summed E-state index contributed by atoms with van der Waals surface area (Å²) in [5, 5.41) is 7.54. The van der Waals surface area contributed by atoms with E-state index < -0.39 is 0 Å². The number of hydrogen-bond donors (Lipinski definition) is 3. The maximum Gasteiger partial charge on any atom is 0.269 e. The van der Waals surface area contributed by atoms with Crippen molar-refractivity contribution in [3.8, 4) is 0 Å². The van der Waals surface area contributed by atoms with Crippen LogP contribution >= 0.6 is 0 Å². The lowest BCUT2D eigenvalue weighted by molar-refractivity contribution is 0.0948. The van der Waals surface area contributed by atoms with Crippen LogP contribution in [-0.4, -0.2) is 29.0 Å². The Balaban J connectivity index is 1.47. The van der Waals surface area contributed by atoms with Crippen LogP contribution in [0.4, 0.5) is 5.69 Å². The van der Waals surface area contributed by atoms with Crippen molar-refractivity contribution in [2.24, 2.45) is 0 Å². The largest absolute Gasteiger partial charge is 0.383 e. The van der Waals surface area contributed by atoms with E-state index in [0.717, 1.165) is 37.9 Å². The van der Waals surface area contributed by atoms with Crippen molar-refractivity contribution >= 4 is 22.5 Å². The van der Waals surface area contributed by atoms with Gasteiger partial charge in [-0.3, -0.25) is 4.79 Å². The molecule has 3 N–H and O–H groups in total. The number of anilines is 1. The second-order valence-corrected chi connectivity index (χ2v) is 6.43. The number of carbonyl (C=O) groups is 1. The second-order valence-electron chi connectivity index (χ2n) is 6.43. The summed E-state index contributed by atoms with van der Waals surface area (Å²) in [4.78, 5) is 19.6. The minimum Gasteiger partial charge on any atom is -0.383 e. The lowest BCUT2D eigenvalue weighted by Crippen LogP contribution is -2.25. The number of aromatic nitrogens is 2. The third-order valence-corrected chi connectivity index (χ3v) is 4.46. The van der Waals surface area contributed by atoms with Crippen LogP contribution in [0.3, 0.4) is 0 Å². The average molecular weight is 350 g/mol. The molecule has 0 saturated heterocycles. The van der Waals surface area contributed by atoms with E-state index in [9.17, 15) is 4.79 Å². The molecule has 0 spiro atoms. The highest BCUT2D eigenvalue weighted by Gasteiger charge is 2.06. The zero-order chi connectivity index (χ0) is 18.2. The third-order valence-electron chi connectivity index (χ3n) is 4.46. The molecule has 0 aliphatic rings. The lowest BCUT2D eigenvalue weighted by Gasteiger charge is -2.07. The van der Waals surface area contributed by atoms with E-state index in [4.69, 9.17) is 0 Å². The first-order valence-electron chi connectivity index (χ1n) is 9.31. The van der Waals surface area contributed by atoms with E-state index in [1.807, 2.05) is 12.1 Å². The van der Waals surface area contributed by atoms with Gasteiger partial charge in [-0.25, -0.2) is 4.98 Å². The molecule has 2 aromatic heterocycles. The number of carbonyl (C=O) groups excluding carboxylic acids is 1. The van der Waals surface area contributed by atoms with Crippen LogP contribution in [0.5, 0.6) is 0 Å². The number of nitrogens with zero attached hydrogens (tertiary/aromatic N) is 1. The number of rotatable bonds is 9. The van der Waals surface area contributed by atoms with Crippen LogP contribution in [0.2, 0.25) is 0 Å². The highest BCUT2D eigenvalue weighted by Crippen LogP contribution is 2.18. The first-order chi connectivity index (χ1) is 12.8. The van der Waals surface area contributed by atoms with Crippen LogP contribution < -0.4 is 10.6 Å². The van der Waals surface area contributed by atoms with Crippen molar-refractivity contribution in [1.82, 2.24) is 15.3 Å². The molecular formula is C21H26N4O. The highest BCUT2D eigenvalue weighted by atomic mass is 16.1. The Kier molecular flexibility index (Phi) is 6.25. The molecule has 3 rings (SSSR count). The molecule has 0 aliphatic heterocycles. The number of pyridine rings is 1. The third kappa shape index (κ3) is 4.63. The monoisotopic (exact) mass is 350 g/mol. The quantitative estimate of drug-likeness (QED) is 0.508. The van der Waals surface area contributed by atoms with Crippen molar-refractivity contribution in [1.29, 1.82) is 0 Å². The topological polar surface area (TPSA) is 69.8 Å². The molecule has 0 fully saturated rings. The molecule has 0 radical (unpaired) electrons. The Morgan fingerprint density at radius 1 is 1.12 bits per heavy atom. The molecule has 5 heteroatoms. The van der Waals surface area contributed by atoms with Crippen LogP contribution in [0, 0.1) is 0 Å². The number of aromatic amines is 1. The van der Waals surface area contributed by atoms with Crippen molar-refractivity contribution in [3.05, 3.63) is 60.0 Å². The van der Waals surface area contributed by atoms with E-state index in [1.165, 1.54) is 16.5 Å². The number of hydrogen-bond acceptors (Lipinski definition) is 3. The van der Waals surface area contributed by atoms with Gasteiger partial charge in [0.05, 0.1) is 11.9 Å². The van der Waals surface area contributed by atoms with Gasteiger partial charge < -0.3 is 15.6 Å². The molecule has 0 atom stereocenters. The molecule has 1 amide bonds. The van der Waals surface area contributed by atoms with Gasteiger partial charge in [0.2, 0.25) is 0 Å². The van der Waals surface area contributed by atoms with Crippen molar-refractivity contribution < 1.29 is 4.79 Å². The van der Waals surface area contributed by atoms with E-state index >= 15 is 0 Å².